The first-order valence-electron chi connectivity index (χ1n) is 10.6. The van der Waals surface area contributed by atoms with Crippen molar-refractivity contribution in [3.8, 4) is 16.9 Å². The van der Waals surface area contributed by atoms with Crippen LogP contribution in [0.5, 0.6) is 5.75 Å². The molecule has 4 rings (SSSR count). The van der Waals surface area contributed by atoms with Crippen LogP contribution in [0.2, 0.25) is 0 Å². The van der Waals surface area contributed by atoms with Gasteiger partial charge in [-0.3, -0.25) is 4.79 Å². The van der Waals surface area contributed by atoms with Crippen LogP contribution in [0.25, 0.3) is 17.2 Å². The molecule has 3 aromatic rings. The van der Waals surface area contributed by atoms with E-state index < -0.39 is 6.09 Å². The minimum absolute atomic E-state index is 0.0462. The number of methoxy groups -OCH3 is 1. The summed E-state index contributed by atoms with van der Waals surface area (Å²) in [6.07, 6.45) is 4.77. The molecular weight excluding hydrogens is 402 g/mol. The zero-order chi connectivity index (χ0) is 22.3. The SMILES string of the molecule is COc1ccc(C=CCCNC(=O)OCC2c3ccccc3-c3ccccc32)c(C=O)c1. The molecule has 0 bridgehead atoms. The molecule has 0 aliphatic heterocycles. The first kappa shape index (κ1) is 21.4. The van der Waals surface area contributed by atoms with Crippen LogP contribution in [-0.2, 0) is 4.74 Å². The number of rotatable bonds is 8. The molecule has 5 heteroatoms. The fourth-order valence-corrected chi connectivity index (χ4v) is 4.05. The second-order valence-electron chi connectivity index (χ2n) is 7.56. The standard InChI is InChI=1S/C27H25NO4/c1-31-21-14-13-19(20(16-21)17-29)8-6-7-15-28-27(30)32-18-26-24-11-4-2-9-22(24)23-10-3-5-12-25(23)26/h2-6,8-14,16-17,26H,7,15,18H2,1H3,(H,28,30). The van der Waals surface area contributed by atoms with E-state index in [1.54, 1.807) is 13.2 Å². The molecule has 0 saturated carbocycles. The summed E-state index contributed by atoms with van der Waals surface area (Å²) in [5.41, 5.74) is 6.16. The minimum Gasteiger partial charge on any atom is -0.497 e. The lowest BCUT2D eigenvalue weighted by Crippen LogP contribution is -2.26. The number of carbonyl (C=O) groups excluding carboxylic acids is 2. The Hall–Kier alpha value is -3.86. The normalized spacial score (nSPS) is 12.3. The molecule has 0 spiro atoms. The lowest BCUT2D eigenvalue weighted by atomic mass is 9.98. The highest BCUT2D eigenvalue weighted by Crippen LogP contribution is 2.44. The number of aldehydes is 1. The van der Waals surface area contributed by atoms with Crippen LogP contribution in [0, 0.1) is 0 Å². The van der Waals surface area contributed by atoms with Gasteiger partial charge in [0.15, 0.2) is 6.29 Å². The quantitative estimate of drug-likeness (QED) is 0.384. The lowest BCUT2D eigenvalue weighted by Gasteiger charge is -2.14. The van der Waals surface area contributed by atoms with Gasteiger partial charge in [0.1, 0.15) is 12.4 Å². The second-order valence-corrected chi connectivity index (χ2v) is 7.56. The zero-order valence-electron chi connectivity index (χ0n) is 17.9. The summed E-state index contributed by atoms with van der Waals surface area (Å²) < 4.78 is 10.7. The summed E-state index contributed by atoms with van der Waals surface area (Å²) >= 11 is 0. The van der Waals surface area contributed by atoms with Gasteiger partial charge in [0.05, 0.1) is 7.11 Å². The van der Waals surface area contributed by atoms with Crippen LogP contribution in [0.15, 0.2) is 72.8 Å². The van der Waals surface area contributed by atoms with Gasteiger partial charge >= 0.3 is 6.09 Å². The molecule has 0 radical (unpaired) electrons. The van der Waals surface area contributed by atoms with Crippen molar-refractivity contribution in [3.63, 3.8) is 0 Å². The molecule has 0 fully saturated rings. The summed E-state index contributed by atoms with van der Waals surface area (Å²) in [5.74, 6) is 0.686. The summed E-state index contributed by atoms with van der Waals surface area (Å²) in [6, 6.07) is 21.8. The van der Waals surface area contributed by atoms with E-state index in [0.29, 0.717) is 30.9 Å². The van der Waals surface area contributed by atoms with E-state index in [1.807, 2.05) is 48.6 Å². The molecule has 162 valence electrons. The predicted octanol–water partition coefficient (Wildman–Crippen LogP) is 5.45. The third-order valence-electron chi connectivity index (χ3n) is 5.64. The number of ether oxygens (including phenoxy) is 2. The largest absolute Gasteiger partial charge is 0.497 e. The number of benzene rings is 3. The molecule has 1 amide bonds. The summed E-state index contributed by atoms with van der Waals surface area (Å²) in [5, 5.41) is 2.79. The average molecular weight is 428 g/mol. The Kier molecular flexibility index (Phi) is 6.66. The van der Waals surface area contributed by atoms with E-state index in [0.717, 1.165) is 11.8 Å². The third kappa shape index (κ3) is 4.57. The van der Waals surface area contributed by atoms with E-state index in [9.17, 15) is 9.59 Å². The minimum atomic E-state index is -0.432. The molecular formula is C27H25NO4. The monoisotopic (exact) mass is 427 g/mol. The number of hydrogen-bond acceptors (Lipinski definition) is 4. The average Bonchev–Trinajstić information content (AvgIpc) is 3.16. The van der Waals surface area contributed by atoms with Crippen LogP contribution in [0.3, 0.4) is 0 Å². The maximum Gasteiger partial charge on any atom is 0.407 e. The van der Waals surface area contributed by atoms with Crippen LogP contribution in [-0.4, -0.2) is 32.6 Å². The van der Waals surface area contributed by atoms with E-state index >= 15 is 0 Å². The number of carbonyl (C=O) groups is 2. The first-order chi connectivity index (χ1) is 15.7. The molecule has 0 atom stereocenters. The molecule has 0 heterocycles. The van der Waals surface area contributed by atoms with E-state index in [4.69, 9.17) is 9.47 Å². The third-order valence-corrected chi connectivity index (χ3v) is 5.64. The summed E-state index contributed by atoms with van der Waals surface area (Å²) in [6.45, 7) is 0.740. The number of hydrogen-bond donors (Lipinski definition) is 1. The highest BCUT2D eigenvalue weighted by molar-refractivity contribution is 5.82. The van der Waals surface area contributed by atoms with Crippen molar-refractivity contribution >= 4 is 18.5 Å². The van der Waals surface area contributed by atoms with Gasteiger partial charge in [0, 0.05) is 18.0 Å². The molecule has 32 heavy (non-hydrogen) atoms. The van der Waals surface area contributed by atoms with Gasteiger partial charge in [-0.05, 0) is 46.4 Å². The van der Waals surface area contributed by atoms with Gasteiger partial charge in [0.25, 0.3) is 0 Å². The summed E-state index contributed by atoms with van der Waals surface area (Å²) in [7, 11) is 1.56. The topological polar surface area (TPSA) is 64.6 Å². The van der Waals surface area contributed by atoms with Crippen LogP contribution in [0.1, 0.15) is 39.4 Å². The van der Waals surface area contributed by atoms with E-state index in [1.165, 1.54) is 22.3 Å². The maximum absolute atomic E-state index is 12.2. The second kappa shape index (κ2) is 9.96. The molecule has 1 aliphatic rings. The fraction of sp³-hybridized carbons (Fsp3) is 0.185. The maximum atomic E-state index is 12.2. The van der Waals surface area contributed by atoms with Gasteiger partial charge in [-0.2, -0.15) is 0 Å². The highest BCUT2D eigenvalue weighted by Gasteiger charge is 2.28. The van der Waals surface area contributed by atoms with Crippen molar-refractivity contribution in [2.45, 2.75) is 12.3 Å². The van der Waals surface area contributed by atoms with Crippen LogP contribution >= 0.6 is 0 Å². The van der Waals surface area contributed by atoms with Gasteiger partial charge in [0.2, 0.25) is 0 Å². The highest BCUT2D eigenvalue weighted by atomic mass is 16.5. The van der Waals surface area contributed by atoms with Gasteiger partial charge in [-0.15, -0.1) is 0 Å². The van der Waals surface area contributed by atoms with Crippen molar-refractivity contribution in [1.82, 2.24) is 5.32 Å². The first-order valence-corrected chi connectivity index (χ1v) is 10.6. The van der Waals surface area contributed by atoms with Crippen molar-refractivity contribution in [2.75, 3.05) is 20.3 Å². The molecule has 0 unspecified atom stereocenters. The van der Waals surface area contributed by atoms with E-state index in [-0.39, 0.29) is 5.92 Å². The van der Waals surface area contributed by atoms with Crippen molar-refractivity contribution < 1.29 is 19.1 Å². The Balaban J connectivity index is 1.28. The zero-order valence-corrected chi connectivity index (χ0v) is 17.9. The fourth-order valence-electron chi connectivity index (χ4n) is 4.05. The Morgan fingerprint density at radius 1 is 0.969 bits per heavy atom. The Morgan fingerprint density at radius 3 is 2.31 bits per heavy atom. The van der Waals surface area contributed by atoms with Crippen LogP contribution in [0.4, 0.5) is 4.79 Å². The molecule has 5 nitrogen and oxygen atoms in total. The molecule has 3 aromatic carbocycles. The molecule has 0 aromatic heterocycles. The van der Waals surface area contributed by atoms with Gasteiger partial charge in [-0.1, -0.05) is 66.7 Å². The smallest absolute Gasteiger partial charge is 0.407 e. The van der Waals surface area contributed by atoms with Crippen molar-refractivity contribution in [1.29, 1.82) is 0 Å². The van der Waals surface area contributed by atoms with E-state index in [2.05, 4.69) is 29.6 Å². The number of fused-ring (bicyclic) bond motifs is 3. The van der Waals surface area contributed by atoms with Crippen LogP contribution < -0.4 is 10.1 Å². The van der Waals surface area contributed by atoms with Crippen molar-refractivity contribution in [3.05, 3.63) is 95.1 Å². The molecule has 0 saturated heterocycles. The predicted molar refractivity (Wildman–Crippen MR) is 125 cm³/mol. The Labute approximate surface area is 187 Å². The van der Waals surface area contributed by atoms with Gasteiger partial charge in [-0.25, -0.2) is 4.79 Å². The Bertz CT molecular complexity index is 1110. The lowest BCUT2D eigenvalue weighted by molar-refractivity contribution is 0.112. The number of amides is 1. The molecule has 1 aliphatic carbocycles. The number of alkyl carbamates (subject to hydrolysis) is 1. The molecule has 1 N–H and O–H groups in total. The van der Waals surface area contributed by atoms with Crippen molar-refractivity contribution in [2.24, 2.45) is 0 Å². The number of nitrogens with one attached hydrogen (secondary N) is 1. The Morgan fingerprint density at radius 2 is 1.66 bits per heavy atom. The summed E-state index contributed by atoms with van der Waals surface area (Å²) in [4.78, 5) is 23.5. The van der Waals surface area contributed by atoms with Gasteiger partial charge < -0.3 is 14.8 Å².